The molecule has 5 rings (SSSR count). The highest BCUT2D eigenvalue weighted by Crippen LogP contribution is 2.35. The number of aromatic nitrogens is 4. The standard InChI is InChI=1S/C29H35N7O2/c1-4-34(5-2)20(3)29(37)35-17-15-22(16-18-35)36-28-25(27(30)31-19-32-28)26(33-36)21-11-13-24(14-12-21)38-23-9-7-6-8-10-23/h6-14,19-20,22H,4-5,15-18H2,1-3H3,(H2,30,31,32). The van der Waals surface area contributed by atoms with Crippen molar-refractivity contribution >= 4 is 22.8 Å². The fourth-order valence-electron chi connectivity index (χ4n) is 5.28. The van der Waals surface area contributed by atoms with Crippen LogP contribution < -0.4 is 10.5 Å². The number of likely N-dealkylation sites (tertiary alicyclic amines) is 1. The van der Waals surface area contributed by atoms with Crippen LogP contribution in [0.2, 0.25) is 0 Å². The van der Waals surface area contributed by atoms with E-state index in [4.69, 9.17) is 15.6 Å². The molecule has 0 spiro atoms. The van der Waals surface area contributed by atoms with Crippen LogP contribution in [0.4, 0.5) is 5.82 Å². The first-order valence-corrected chi connectivity index (χ1v) is 13.3. The van der Waals surface area contributed by atoms with Crippen molar-refractivity contribution in [2.45, 2.75) is 45.7 Å². The number of hydrogen-bond donors (Lipinski definition) is 1. The van der Waals surface area contributed by atoms with Crippen LogP contribution in [0.25, 0.3) is 22.3 Å². The Hall–Kier alpha value is -3.98. The number of amides is 1. The van der Waals surface area contributed by atoms with E-state index in [9.17, 15) is 4.79 Å². The van der Waals surface area contributed by atoms with Gasteiger partial charge in [0.1, 0.15) is 29.3 Å². The number of hydrogen-bond acceptors (Lipinski definition) is 7. The average Bonchev–Trinajstić information content (AvgIpc) is 3.35. The lowest BCUT2D eigenvalue weighted by atomic mass is 10.0. The zero-order valence-corrected chi connectivity index (χ0v) is 22.2. The number of fused-ring (bicyclic) bond motifs is 1. The molecule has 0 saturated carbocycles. The predicted octanol–water partition coefficient (Wildman–Crippen LogP) is 4.76. The van der Waals surface area contributed by atoms with Crippen molar-refractivity contribution in [3.05, 3.63) is 60.9 Å². The number of nitrogens with zero attached hydrogens (tertiary/aromatic N) is 6. The van der Waals surface area contributed by atoms with Gasteiger partial charge in [0.2, 0.25) is 5.91 Å². The molecule has 38 heavy (non-hydrogen) atoms. The molecule has 1 aliphatic rings. The summed E-state index contributed by atoms with van der Waals surface area (Å²) in [5, 5.41) is 5.75. The maximum absolute atomic E-state index is 13.1. The lowest BCUT2D eigenvalue weighted by Gasteiger charge is -2.36. The van der Waals surface area contributed by atoms with Gasteiger partial charge in [-0.3, -0.25) is 9.69 Å². The lowest BCUT2D eigenvalue weighted by Crippen LogP contribution is -2.49. The summed E-state index contributed by atoms with van der Waals surface area (Å²) in [6.07, 6.45) is 3.10. The smallest absolute Gasteiger partial charge is 0.239 e. The van der Waals surface area contributed by atoms with Crippen molar-refractivity contribution < 1.29 is 9.53 Å². The third-order valence-corrected chi connectivity index (χ3v) is 7.46. The van der Waals surface area contributed by atoms with E-state index in [-0.39, 0.29) is 18.0 Å². The molecule has 0 radical (unpaired) electrons. The Kier molecular flexibility index (Phi) is 7.55. The first kappa shape index (κ1) is 25.7. The quantitative estimate of drug-likeness (QED) is 0.362. The van der Waals surface area contributed by atoms with Crippen LogP contribution >= 0.6 is 0 Å². The highest BCUT2D eigenvalue weighted by Gasteiger charge is 2.30. The Morgan fingerprint density at radius 3 is 2.34 bits per heavy atom. The molecule has 9 nitrogen and oxygen atoms in total. The second-order valence-corrected chi connectivity index (χ2v) is 9.64. The van der Waals surface area contributed by atoms with Gasteiger partial charge in [0.15, 0.2) is 5.65 Å². The van der Waals surface area contributed by atoms with Gasteiger partial charge in [-0.1, -0.05) is 32.0 Å². The van der Waals surface area contributed by atoms with Crippen LogP contribution in [0.3, 0.4) is 0 Å². The fourth-order valence-corrected chi connectivity index (χ4v) is 5.28. The molecule has 1 atom stereocenters. The molecule has 1 saturated heterocycles. The maximum atomic E-state index is 13.1. The molecule has 1 unspecified atom stereocenters. The van der Waals surface area contributed by atoms with Crippen LogP contribution in [0.1, 0.15) is 39.7 Å². The number of ether oxygens (including phenoxy) is 1. The summed E-state index contributed by atoms with van der Waals surface area (Å²) < 4.78 is 7.92. The van der Waals surface area contributed by atoms with Gasteiger partial charge in [-0.25, -0.2) is 14.6 Å². The number of anilines is 1. The normalized spacial score (nSPS) is 15.2. The van der Waals surface area contributed by atoms with Crippen molar-refractivity contribution in [1.29, 1.82) is 0 Å². The third-order valence-electron chi connectivity index (χ3n) is 7.46. The molecule has 2 N–H and O–H groups in total. The molecule has 198 valence electrons. The highest BCUT2D eigenvalue weighted by atomic mass is 16.5. The molecule has 9 heteroatoms. The average molecular weight is 514 g/mol. The van der Waals surface area contributed by atoms with Gasteiger partial charge in [0, 0.05) is 18.7 Å². The van der Waals surface area contributed by atoms with Gasteiger partial charge in [-0.15, -0.1) is 0 Å². The second kappa shape index (κ2) is 11.2. The van der Waals surface area contributed by atoms with Crippen molar-refractivity contribution in [3.8, 4) is 22.8 Å². The number of carbonyl (C=O) groups excluding carboxylic acids is 1. The van der Waals surface area contributed by atoms with Gasteiger partial charge >= 0.3 is 0 Å². The number of para-hydroxylation sites is 1. The third kappa shape index (κ3) is 5.06. The van der Waals surface area contributed by atoms with Gasteiger partial charge < -0.3 is 15.4 Å². The monoisotopic (exact) mass is 513 g/mol. The number of rotatable bonds is 8. The Labute approximate surface area is 223 Å². The van der Waals surface area contributed by atoms with Crippen LogP contribution in [0, 0.1) is 0 Å². The van der Waals surface area contributed by atoms with E-state index in [0.29, 0.717) is 18.9 Å². The Morgan fingerprint density at radius 1 is 1.03 bits per heavy atom. The van der Waals surface area contributed by atoms with E-state index in [0.717, 1.165) is 59.7 Å². The number of likely N-dealkylation sites (N-methyl/N-ethyl adjacent to an activating group) is 1. The minimum absolute atomic E-state index is 0.111. The molecular formula is C29H35N7O2. The molecule has 4 aromatic rings. The first-order valence-electron chi connectivity index (χ1n) is 13.3. The number of nitrogen functional groups attached to an aromatic ring is 1. The summed E-state index contributed by atoms with van der Waals surface area (Å²) in [5.41, 5.74) is 8.71. The summed E-state index contributed by atoms with van der Waals surface area (Å²) in [7, 11) is 0. The van der Waals surface area contributed by atoms with Crippen molar-refractivity contribution in [3.63, 3.8) is 0 Å². The number of nitrogens with two attached hydrogens (primary N) is 1. The van der Waals surface area contributed by atoms with E-state index in [1.807, 2.05) is 71.1 Å². The molecule has 1 amide bonds. The summed E-state index contributed by atoms with van der Waals surface area (Å²) >= 11 is 0. The minimum atomic E-state index is -0.111. The van der Waals surface area contributed by atoms with Crippen LogP contribution in [-0.4, -0.2) is 67.7 Å². The fraction of sp³-hybridized carbons (Fsp3) is 0.379. The Balaban J connectivity index is 1.37. The Morgan fingerprint density at radius 2 is 1.68 bits per heavy atom. The molecule has 2 aromatic carbocycles. The number of benzene rings is 2. The molecule has 0 aliphatic carbocycles. The van der Waals surface area contributed by atoms with Gasteiger partial charge in [-0.2, -0.15) is 5.10 Å². The SMILES string of the molecule is CCN(CC)C(C)C(=O)N1CCC(n2nc(-c3ccc(Oc4ccccc4)cc3)c3c(N)ncnc32)CC1. The van der Waals surface area contributed by atoms with Crippen LogP contribution in [0.15, 0.2) is 60.9 Å². The number of piperidine rings is 1. The van der Waals surface area contributed by atoms with Gasteiger partial charge in [-0.05, 0) is 69.3 Å². The molecule has 3 heterocycles. The largest absolute Gasteiger partial charge is 0.457 e. The van der Waals surface area contributed by atoms with E-state index in [1.165, 1.54) is 6.33 Å². The van der Waals surface area contributed by atoms with E-state index < -0.39 is 0 Å². The van der Waals surface area contributed by atoms with Crippen molar-refractivity contribution in [1.82, 2.24) is 29.5 Å². The van der Waals surface area contributed by atoms with Gasteiger partial charge in [0.25, 0.3) is 0 Å². The zero-order valence-electron chi connectivity index (χ0n) is 22.2. The lowest BCUT2D eigenvalue weighted by molar-refractivity contribution is -0.137. The van der Waals surface area contributed by atoms with E-state index in [2.05, 4.69) is 28.7 Å². The molecule has 1 fully saturated rings. The molecule has 0 bridgehead atoms. The van der Waals surface area contributed by atoms with Gasteiger partial charge in [0.05, 0.1) is 17.5 Å². The van der Waals surface area contributed by atoms with Crippen LogP contribution in [-0.2, 0) is 4.79 Å². The van der Waals surface area contributed by atoms with E-state index in [1.54, 1.807) is 0 Å². The predicted molar refractivity (Wildman–Crippen MR) is 149 cm³/mol. The summed E-state index contributed by atoms with van der Waals surface area (Å²) in [5.74, 6) is 2.12. The van der Waals surface area contributed by atoms with E-state index >= 15 is 0 Å². The summed E-state index contributed by atoms with van der Waals surface area (Å²) in [6.45, 7) is 9.31. The maximum Gasteiger partial charge on any atom is 0.239 e. The highest BCUT2D eigenvalue weighted by molar-refractivity contribution is 5.98. The Bertz CT molecular complexity index is 1380. The second-order valence-electron chi connectivity index (χ2n) is 9.64. The molecule has 1 aliphatic heterocycles. The first-order chi connectivity index (χ1) is 18.5. The molecule has 2 aromatic heterocycles. The van der Waals surface area contributed by atoms with Crippen molar-refractivity contribution in [2.24, 2.45) is 0 Å². The van der Waals surface area contributed by atoms with Crippen molar-refractivity contribution in [2.75, 3.05) is 31.9 Å². The zero-order chi connectivity index (χ0) is 26.6. The molecular weight excluding hydrogens is 478 g/mol. The van der Waals surface area contributed by atoms with Crippen LogP contribution in [0.5, 0.6) is 11.5 Å². The summed E-state index contributed by atoms with van der Waals surface area (Å²) in [4.78, 5) is 26.1. The summed E-state index contributed by atoms with van der Waals surface area (Å²) in [6, 6.07) is 17.5. The number of carbonyl (C=O) groups is 1. The minimum Gasteiger partial charge on any atom is -0.457 e. The topological polar surface area (TPSA) is 102 Å².